The maximum atomic E-state index is 11.4. The Labute approximate surface area is 77.7 Å². The summed E-state index contributed by atoms with van der Waals surface area (Å²) in [7, 11) is 0. The average molecular weight is 188 g/mol. The van der Waals surface area contributed by atoms with Gasteiger partial charge in [0.15, 0.2) is 0 Å². The Hall–Kier alpha value is -0.220. The Kier molecular flexibility index (Phi) is 3.88. The van der Waals surface area contributed by atoms with Gasteiger partial charge in [0.25, 0.3) is 0 Å². The highest BCUT2D eigenvalue weighted by atomic mass is 32.2. The topological polar surface area (TPSA) is 46.3 Å². The molecule has 0 aromatic rings. The molecule has 1 atom stereocenters. The van der Waals surface area contributed by atoms with Gasteiger partial charge in [0.1, 0.15) is 0 Å². The van der Waals surface area contributed by atoms with Gasteiger partial charge in [-0.25, -0.2) is 0 Å². The van der Waals surface area contributed by atoms with Crippen molar-refractivity contribution in [1.82, 2.24) is 4.90 Å². The predicted octanol–water partition coefficient (Wildman–Crippen LogP) is 0.299. The van der Waals surface area contributed by atoms with Gasteiger partial charge in [-0.05, 0) is 19.1 Å². The largest absolute Gasteiger partial charge is 0.341 e. The van der Waals surface area contributed by atoms with E-state index in [0.717, 1.165) is 31.7 Å². The lowest BCUT2D eigenvalue weighted by molar-refractivity contribution is -0.134. The van der Waals surface area contributed by atoms with E-state index in [9.17, 15) is 4.79 Å². The molecule has 3 nitrogen and oxygen atoms in total. The van der Waals surface area contributed by atoms with Crippen LogP contribution in [0.15, 0.2) is 0 Å². The Morgan fingerprint density at radius 1 is 1.75 bits per heavy atom. The van der Waals surface area contributed by atoms with E-state index in [-0.39, 0.29) is 11.9 Å². The van der Waals surface area contributed by atoms with Crippen LogP contribution >= 0.6 is 11.8 Å². The lowest BCUT2D eigenvalue weighted by atomic mass is 10.1. The molecule has 0 aromatic heterocycles. The zero-order chi connectivity index (χ0) is 8.97. The number of thioether (sulfide) groups is 1. The highest BCUT2D eigenvalue weighted by Crippen LogP contribution is 2.10. The summed E-state index contributed by atoms with van der Waals surface area (Å²) in [5, 5.41) is 0. The lowest BCUT2D eigenvalue weighted by Gasteiger charge is -2.30. The summed E-state index contributed by atoms with van der Waals surface area (Å²) in [6, 6.07) is -0.236. The second kappa shape index (κ2) is 4.72. The smallest absolute Gasteiger partial charge is 0.239 e. The summed E-state index contributed by atoms with van der Waals surface area (Å²) in [6.45, 7) is 1.75. The van der Waals surface area contributed by atoms with Gasteiger partial charge in [-0.15, -0.1) is 0 Å². The zero-order valence-corrected chi connectivity index (χ0v) is 8.27. The van der Waals surface area contributed by atoms with Crippen molar-refractivity contribution in [3.05, 3.63) is 0 Å². The molecule has 12 heavy (non-hydrogen) atoms. The van der Waals surface area contributed by atoms with Gasteiger partial charge >= 0.3 is 0 Å². The second-order valence-electron chi connectivity index (χ2n) is 3.07. The number of nitrogens with two attached hydrogens (primary N) is 1. The molecule has 2 N–H and O–H groups in total. The SMILES string of the molecule is CSCCN1CCCC(N)C1=O. The minimum absolute atomic E-state index is 0.135. The first-order valence-corrected chi connectivity index (χ1v) is 5.68. The molecule has 1 aliphatic heterocycles. The van der Waals surface area contributed by atoms with Crippen molar-refractivity contribution in [3.63, 3.8) is 0 Å². The number of likely N-dealkylation sites (tertiary alicyclic amines) is 1. The molecule has 1 aliphatic rings. The molecule has 0 aliphatic carbocycles. The fourth-order valence-corrected chi connectivity index (χ4v) is 1.80. The Bertz CT molecular complexity index is 163. The van der Waals surface area contributed by atoms with Crippen LogP contribution in [-0.4, -0.2) is 41.9 Å². The molecule has 1 amide bonds. The number of amides is 1. The molecule has 0 spiro atoms. The van der Waals surface area contributed by atoms with Gasteiger partial charge in [0, 0.05) is 18.8 Å². The van der Waals surface area contributed by atoms with Gasteiger partial charge < -0.3 is 10.6 Å². The number of rotatable bonds is 3. The van der Waals surface area contributed by atoms with E-state index >= 15 is 0 Å². The van der Waals surface area contributed by atoms with Crippen LogP contribution in [0.3, 0.4) is 0 Å². The number of carbonyl (C=O) groups excluding carboxylic acids is 1. The number of carbonyl (C=O) groups is 1. The number of hydrogen-bond donors (Lipinski definition) is 1. The summed E-state index contributed by atoms with van der Waals surface area (Å²) >= 11 is 1.76. The molecule has 1 unspecified atom stereocenters. The van der Waals surface area contributed by atoms with Crippen molar-refractivity contribution in [2.24, 2.45) is 5.73 Å². The molecule has 0 radical (unpaired) electrons. The average Bonchev–Trinajstić information content (AvgIpc) is 2.08. The molecule has 70 valence electrons. The standard InChI is InChI=1S/C8H16N2OS/c1-12-6-5-10-4-2-3-7(9)8(10)11/h7H,2-6,9H2,1H3. The van der Waals surface area contributed by atoms with Crippen LogP contribution in [0.5, 0.6) is 0 Å². The van der Waals surface area contributed by atoms with Crippen LogP contribution in [-0.2, 0) is 4.79 Å². The number of piperidine rings is 1. The van der Waals surface area contributed by atoms with Crippen LogP contribution in [0.2, 0.25) is 0 Å². The molecule has 1 heterocycles. The van der Waals surface area contributed by atoms with Crippen molar-refractivity contribution in [1.29, 1.82) is 0 Å². The van der Waals surface area contributed by atoms with E-state index < -0.39 is 0 Å². The minimum Gasteiger partial charge on any atom is -0.341 e. The van der Waals surface area contributed by atoms with Crippen LogP contribution in [0.25, 0.3) is 0 Å². The highest BCUT2D eigenvalue weighted by molar-refractivity contribution is 7.98. The summed E-state index contributed by atoms with van der Waals surface area (Å²) in [6.07, 6.45) is 3.96. The van der Waals surface area contributed by atoms with Gasteiger partial charge in [0.2, 0.25) is 5.91 Å². The first kappa shape index (κ1) is 9.86. The molecule has 1 saturated heterocycles. The van der Waals surface area contributed by atoms with E-state index in [2.05, 4.69) is 0 Å². The molecule has 0 bridgehead atoms. The molecular formula is C8H16N2OS. The van der Waals surface area contributed by atoms with Crippen molar-refractivity contribution in [2.75, 3.05) is 25.1 Å². The maximum Gasteiger partial charge on any atom is 0.239 e. The third kappa shape index (κ3) is 2.38. The Balaban J connectivity index is 2.36. The van der Waals surface area contributed by atoms with Crippen LogP contribution in [0.1, 0.15) is 12.8 Å². The lowest BCUT2D eigenvalue weighted by Crippen LogP contribution is -2.48. The van der Waals surface area contributed by atoms with E-state index in [1.54, 1.807) is 11.8 Å². The predicted molar refractivity (Wildman–Crippen MR) is 52.2 cm³/mol. The molecule has 4 heteroatoms. The van der Waals surface area contributed by atoms with Gasteiger partial charge in [-0.3, -0.25) is 4.79 Å². The molecule has 1 rings (SSSR count). The highest BCUT2D eigenvalue weighted by Gasteiger charge is 2.24. The minimum atomic E-state index is -0.236. The van der Waals surface area contributed by atoms with Crippen molar-refractivity contribution in [3.8, 4) is 0 Å². The molecule has 0 aromatic carbocycles. The fourth-order valence-electron chi connectivity index (χ4n) is 1.39. The first-order chi connectivity index (χ1) is 5.75. The normalized spacial score (nSPS) is 24.7. The number of hydrogen-bond acceptors (Lipinski definition) is 3. The Morgan fingerprint density at radius 2 is 2.50 bits per heavy atom. The maximum absolute atomic E-state index is 11.4. The van der Waals surface area contributed by atoms with Crippen molar-refractivity contribution >= 4 is 17.7 Å². The first-order valence-electron chi connectivity index (χ1n) is 4.29. The van der Waals surface area contributed by atoms with Gasteiger partial charge in [0.05, 0.1) is 6.04 Å². The van der Waals surface area contributed by atoms with Crippen LogP contribution in [0, 0.1) is 0 Å². The zero-order valence-electron chi connectivity index (χ0n) is 7.45. The third-order valence-electron chi connectivity index (χ3n) is 2.14. The second-order valence-corrected chi connectivity index (χ2v) is 4.05. The van der Waals surface area contributed by atoms with Gasteiger partial charge in [-0.2, -0.15) is 11.8 Å². The van der Waals surface area contributed by atoms with E-state index in [1.807, 2.05) is 11.2 Å². The fraction of sp³-hybridized carbons (Fsp3) is 0.875. The van der Waals surface area contributed by atoms with Crippen molar-refractivity contribution < 1.29 is 4.79 Å². The molecule has 0 saturated carbocycles. The molecular weight excluding hydrogens is 172 g/mol. The van der Waals surface area contributed by atoms with Crippen LogP contribution in [0.4, 0.5) is 0 Å². The van der Waals surface area contributed by atoms with Crippen LogP contribution < -0.4 is 5.73 Å². The Morgan fingerprint density at radius 3 is 3.17 bits per heavy atom. The number of nitrogens with zero attached hydrogens (tertiary/aromatic N) is 1. The summed E-state index contributed by atoms with van der Waals surface area (Å²) in [4.78, 5) is 13.3. The molecule has 1 fully saturated rings. The quantitative estimate of drug-likeness (QED) is 0.693. The third-order valence-corrected chi connectivity index (χ3v) is 2.73. The monoisotopic (exact) mass is 188 g/mol. The summed E-state index contributed by atoms with van der Waals surface area (Å²) in [5.74, 6) is 1.15. The van der Waals surface area contributed by atoms with E-state index in [4.69, 9.17) is 5.73 Å². The summed E-state index contributed by atoms with van der Waals surface area (Å²) in [5.41, 5.74) is 5.64. The van der Waals surface area contributed by atoms with Gasteiger partial charge in [-0.1, -0.05) is 0 Å². The summed E-state index contributed by atoms with van der Waals surface area (Å²) < 4.78 is 0. The van der Waals surface area contributed by atoms with Crippen molar-refractivity contribution in [2.45, 2.75) is 18.9 Å². The van der Waals surface area contributed by atoms with E-state index in [0.29, 0.717) is 0 Å². The van der Waals surface area contributed by atoms with E-state index in [1.165, 1.54) is 0 Å².